The molecule has 5 heteroatoms. The Morgan fingerprint density at radius 2 is 2.19 bits per heavy atom. The highest BCUT2D eigenvalue weighted by Gasteiger charge is 2.41. The molecule has 1 atom stereocenters. The van der Waals surface area contributed by atoms with Crippen LogP contribution in [0.25, 0.3) is 0 Å². The highest BCUT2D eigenvalue weighted by molar-refractivity contribution is 5.89. The van der Waals surface area contributed by atoms with Gasteiger partial charge in [-0.05, 0) is 37.0 Å². The van der Waals surface area contributed by atoms with E-state index in [1.54, 1.807) is 19.1 Å². The Morgan fingerprint density at radius 1 is 1.43 bits per heavy atom. The van der Waals surface area contributed by atoms with Crippen molar-refractivity contribution in [1.29, 1.82) is 0 Å². The summed E-state index contributed by atoms with van der Waals surface area (Å²) in [5, 5.41) is 2.85. The second-order valence-electron chi connectivity index (χ2n) is 5.98. The summed E-state index contributed by atoms with van der Waals surface area (Å²) in [5.41, 5.74) is 1.43. The van der Waals surface area contributed by atoms with Crippen LogP contribution in [-0.2, 0) is 16.1 Å². The summed E-state index contributed by atoms with van der Waals surface area (Å²) in [6.45, 7) is 2.61. The van der Waals surface area contributed by atoms with E-state index in [9.17, 15) is 14.0 Å². The topological polar surface area (TPSA) is 49.4 Å². The van der Waals surface area contributed by atoms with Gasteiger partial charge in [0.1, 0.15) is 5.82 Å². The Bertz CT molecular complexity index is 584. The van der Waals surface area contributed by atoms with Crippen LogP contribution in [0.5, 0.6) is 0 Å². The van der Waals surface area contributed by atoms with Crippen LogP contribution in [0.2, 0.25) is 0 Å². The highest BCUT2D eigenvalue weighted by Crippen LogP contribution is 2.32. The van der Waals surface area contributed by atoms with Gasteiger partial charge in [-0.1, -0.05) is 12.1 Å². The number of halogens is 1. The van der Waals surface area contributed by atoms with Gasteiger partial charge in [-0.25, -0.2) is 4.39 Å². The van der Waals surface area contributed by atoms with Crippen molar-refractivity contribution in [3.05, 3.63) is 35.1 Å². The van der Waals surface area contributed by atoms with E-state index in [4.69, 9.17) is 0 Å². The lowest BCUT2D eigenvalue weighted by Crippen LogP contribution is -2.33. The maximum atomic E-state index is 13.2. The van der Waals surface area contributed by atoms with E-state index in [1.165, 1.54) is 6.07 Å². The summed E-state index contributed by atoms with van der Waals surface area (Å²) in [7, 11) is 0. The highest BCUT2D eigenvalue weighted by atomic mass is 19.1. The average molecular weight is 290 g/mol. The fraction of sp³-hybridized carbons (Fsp3) is 0.500. The summed E-state index contributed by atoms with van der Waals surface area (Å²) in [5.74, 6) is -0.491. The molecule has 1 aliphatic heterocycles. The first-order chi connectivity index (χ1) is 10.0. The molecule has 2 aliphatic rings. The van der Waals surface area contributed by atoms with E-state index in [0.717, 1.165) is 18.4 Å². The summed E-state index contributed by atoms with van der Waals surface area (Å²) in [6, 6.07) is 5.17. The average Bonchev–Trinajstić information content (AvgIpc) is 3.22. The van der Waals surface area contributed by atoms with E-state index >= 15 is 0 Å². The van der Waals surface area contributed by atoms with Crippen LogP contribution in [0, 0.1) is 18.7 Å². The second kappa shape index (κ2) is 5.47. The second-order valence-corrected chi connectivity index (χ2v) is 5.98. The zero-order chi connectivity index (χ0) is 15.0. The minimum absolute atomic E-state index is 0.0894. The summed E-state index contributed by atoms with van der Waals surface area (Å²) in [6.07, 6.45) is 2.44. The van der Waals surface area contributed by atoms with Crippen molar-refractivity contribution in [2.45, 2.75) is 38.8 Å². The molecular weight excluding hydrogens is 271 g/mol. The molecule has 1 aliphatic carbocycles. The van der Waals surface area contributed by atoms with Gasteiger partial charge in [-0.15, -0.1) is 0 Å². The van der Waals surface area contributed by atoms with E-state index in [2.05, 4.69) is 5.32 Å². The van der Waals surface area contributed by atoms with Crippen LogP contribution >= 0.6 is 0 Å². The van der Waals surface area contributed by atoms with E-state index in [-0.39, 0.29) is 23.5 Å². The maximum absolute atomic E-state index is 13.2. The smallest absolute Gasteiger partial charge is 0.225 e. The third kappa shape index (κ3) is 3.06. The van der Waals surface area contributed by atoms with Crippen LogP contribution in [0.3, 0.4) is 0 Å². The molecule has 21 heavy (non-hydrogen) atoms. The number of carbonyl (C=O) groups is 2. The zero-order valence-corrected chi connectivity index (χ0v) is 12.1. The molecule has 1 N–H and O–H groups in total. The Balaban J connectivity index is 1.54. The Kier molecular flexibility index (Phi) is 3.66. The number of likely N-dealkylation sites (tertiary alicyclic amines) is 1. The summed E-state index contributed by atoms with van der Waals surface area (Å²) in [4.78, 5) is 25.8. The minimum Gasteiger partial charge on any atom is -0.352 e. The Morgan fingerprint density at radius 3 is 2.86 bits per heavy atom. The molecule has 3 rings (SSSR count). The van der Waals surface area contributed by atoms with Crippen LogP contribution in [0.4, 0.5) is 4.39 Å². The predicted octanol–water partition coefficient (Wildman–Crippen LogP) is 1.76. The van der Waals surface area contributed by atoms with Crippen LogP contribution in [-0.4, -0.2) is 29.3 Å². The van der Waals surface area contributed by atoms with Crippen molar-refractivity contribution < 1.29 is 14.0 Å². The number of amides is 2. The molecule has 1 saturated heterocycles. The largest absolute Gasteiger partial charge is 0.352 e. The Hall–Kier alpha value is -1.91. The number of carbonyl (C=O) groups excluding carboxylic acids is 2. The first-order valence-electron chi connectivity index (χ1n) is 7.37. The lowest BCUT2D eigenvalue weighted by atomic mass is 10.1. The molecule has 0 spiro atoms. The molecule has 4 nitrogen and oxygen atoms in total. The van der Waals surface area contributed by atoms with Crippen LogP contribution in [0.1, 0.15) is 30.4 Å². The monoisotopic (exact) mass is 290 g/mol. The maximum Gasteiger partial charge on any atom is 0.225 e. The fourth-order valence-corrected chi connectivity index (χ4v) is 2.80. The summed E-state index contributed by atoms with van der Waals surface area (Å²) >= 11 is 0. The van der Waals surface area contributed by atoms with Crippen molar-refractivity contribution in [1.82, 2.24) is 10.2 Å². The van der Waals surface area contributed by atoms with Gasteiger partial charge in [-0.2, -0.15) is 0 Å². The number of benzene rings is 1. The number of aryl methyl sites for hydroxylation is 1. The predicted molar refractivity (Wildman–Crippen MR) is 75.8 cm³/mol. The van der Waals surface area contributed by atoms with E-state index in [0.29, 0.717) is 31.1 Å². The quantitative estimate of drug-likeness (QED) is 0.918. The molecule has 1 saturated carbocycles. The lowest BCUT2D eigenvalue weighted by molar-refractivity contribution is -0.129. The van der Waals surface area contributed by atoms with Crippen LogP contribution < -0.4 is 5.32 Å². The first-order valence-corrected chi connectivity index (χ1v) is 7.37. The molecular formula is C16H19FN2O2. The van der Waals surface area contributed by atoms with Crippen molar-refractivity contribution in [2.75, 3.05) is 6.54 Å². The lowest BCUT2D eigenvalue weighted by Gasteiger charge is -2.15. The van der Waals surface area contributed by atoms with Gasteiger partial charge < -0.3 is 10.2 Å². The third-order valence-electron chi connectivity index (χ3n) is 4.21. The molecule has 1 aromatic carbocycles. The number of hydrogen-bond acceptors (Lipinski definition) is 2. The molecule has 2 fully saturated rings. The molecule has 0 bridgehead atoms. The van der Waals surface area contributed by atoms with Gasteiger partial charge in [-0.3, -0.25) is 9.59 Å². The van der Waals surface area contributed by atoms with Crippen molar-refractivity contribution in [2.24, 2.45) is 5.92 Å². The number of hydrogen-bond donors (Lipinski definition) is 1. The molecule has 112 valence electrons. The van der Waals surface area contributed by atoms with Crippen LogP contribution in [0.15, 0.2) is 18.2 Å². The SMILES string of the molecule is Cc1cc(CNC(=O)[C@H]2CC(=O)N(C3CC3)C2)ccc1F. The standard InChI is InChI=1S/C16H19FN2O2/c1-10-6-11(2-5-14(10)17)8-18-16(21)12-7-15(20)19(9-12)13-3-4-13/h2,5-6,12-13H,3-4,7-9H2,1H3,(H,18,21)/t12-/m0/s1. The van der Waals surface area contributed by atoms with Gasteiger partial charge in [0.25, 0.3) is 0 Å². The minimum atomic E-state index is -0.250. The number of nitrogens with one attached hydrogen (secondary N) is 1. The van der Waals surface area contributed by atoms with Gasteiger partial charge in [0, 0.05) is 25.6 Å². The van der Waals surface area contributed by atoms with Gasteiger partial charge >= 0.3 is 0 Å². The molecule has 0 aromatic heterocycles. The van der Waals surface area contributed by atoms with E-state index < -0.39 is 0 Å². The zero-order valence-electron chi connectivity index (χ0n) is 12.1. The van der Waals surface area contributed by atoms with E-state index in [1.807, 2.05) is 4.90 Å². The first kappa shape index (κ1) is 14.0. The van der Waals surface area contributed by atoms with Gasteiger partial charge in [0.15, 0.2) is 0 Å². The molecule has 0 unspecified atom stereocenters. The summed E-state index contributed by atoms with van der Waals surface area (Å²) < 4.78 is 13.2. The molecule has 2 amide bonds. The fourth-order valence-electron chi connectivity index (χ4n) is 2.80. The number of nitrogens with zero attached hydrogens (tertiary/aromatic N) is 1. The van der Waals surface area contributed by atoms with Crippen molar-refractivity contribution >= 4 is 11.8 Å². The number of rotatable bonds is 4. The van der Waals surface area contributed by atoms with Crippen molar-refractivity contribution in [3.8, 4) is 0 Å². The van der Waals surface area contributed by atoms with Gasteiger partial charge in [0.05, 0.1) is 5.92 Å². The normalized spacial score (nSPS) is 21.7. The Labute approximate surface area is 123 Å². The van der Waals surface area contributed by atoms with Crippen molar-refractivity contribution in [3.63, 3.8) is 0 Å². The van der Waals surface area contributed by atoms with Gasteiger partial charge in [0.2, 0.25) is 11.8 Å². The molecule has 0 radical (unpaired) electrons. The third-order valence-corrected chi connectivity index (χ3v) is 4.21. The molecule has 1 aromatic rings. The molecule has 1 heterocycles.